The number of amides is 1. The summed E-state index contributed by atoms with van der Waals surface area (Å²) in [5, 5.41) is 2.64. The van der Waals surface area contributed by atoms with Crippen molar-refractivity contribution in [3.8, 4) is 5.75 Å². The largest absolute Gasteiger partial charge is 0.544 e. The first-order valence-corrected chi connectivity index (χ1v) is 15.4. The maximum absolute atomic E-state index is 14.8. The molecule has 1 atom stereocenters. The lowest BCUT2D eigenvalue weighted by Gasteiger charge is -2.42. The van der Waals surface area contributed by atoms with Crippen LogP contribution in [-0.4, -0.2) is 35.2 Å². The Kier molecular flexibility index (Phi) is 5.83. The van der Waals surface area contributed by atoms with Gasteiger partial charge in [0, 0.05) is 31.0 Å². The summed E-state index contributed by atoms with van der Waals surface area (Å²) in [4.78, 5) is 20.2. The fraction of sp³-hybridized carbons (Fsp3) is 0.407. The van der Waals surface area contributed by atoms with Crippen LogP contribution >= 0.6 is 0 Å². The summed E-state index contributed by atoms with van der Waals surface area (Å²) in [5.74, 6) is -0.879. The van der Waals surface area contributed by atoms with Crippen molar-refractivity contribution in [1.82, 2.24) is 14.5 Å². The van der Waals surface area contributed by atoms with Gasteiger partial charge in [0.25, 0.3) is 5.91 Å². The van der Waals surface area contributed by atoms with E-state index in [1.54, 1.807) is 6.20 Å². The van der Waals surface area contributed by atoms with E-state index in [0.29, 0.717) is 30.8 Å². The van der Waals surface area contributed by atoms with Crippen LogP contribution in [0.25, 0.3) is 0 Å². The number of halogens is 2. The first-order chi connectivity index (χ1) is 16.9. The molecule has 0 spiro atoms. The average Bonchev–Trinajstić information content (AvgIpc) is 3.37. The van der Waals surface area contributed by atoms with Crippen LogP contribution in [0.1, 0.15) is 37.7 Å². The molecule has 6 nitrogen and oxygen atoms in total. The van der Waals surface area contributed by atoms with Crippen molar-refractivity contribution in [1.29, 1.82) is 0 Å². The minimum Gasteiger partial charge on any atom is -0.544 e. The van der Waals surface area contributed by atoms with Gasteiger partial charge in [-0.1, -0.05) is 39.0 Å². The Hall–Kier alpha value is -3.04. The molecule has 3 aromatic rings. The number of anilines is 1. The van der Waals surface area contributed by atoms with Gasteiger partial charge < -0.3 is 14.3 Å². The molecule has 2 aliphatic rings. The molecule has 0 saturated carbocycles. The van der Waals surface area contributed by atoms with Gasteiger partial charge >= 0.3 is 0 Å². The summed E-state index contributed by atoms with van der Waals surface area (Å²) >= 11 is 0. The Bertz CT molecular complexity index is 1320. The third-order valence-corrected chi connectivity index (χ3v) is 9.59. The molecule has 190 valence electrons. The number of imidazole rings is 1. The van der Waals surface area contributed by atoms with E-state index in [2.05, 4.69) is 44.2 Å². The Morgan fingerprint density at radius 3 is 2.53 bits per heavy atom. The molecule has 36 heavy (non-hydrogen) atoms. The second kappa shape index (κ2) is 8.52. The molecule has 9 heteroatoms. The molecule has 1 amide bonds. The van der Waals surface area contributed by atoms with Gasteiger partial charge in [-0.15, -0.1) is 0 Å². The maximum atomic E-state index is 14.8. The van der Waals surface area contributed by atoms with Gasteiger partial charge in [-0.2, -0.15) is 0 Å². The van der Waals surface area contributed by atoms with E-state index in [9.17, 15) is 13.6 Å². The highest BCUT2D eigenvalue weighted by Gasteiger charge is 2.54. The van der Waals surface area contributed by atoms with E-state index < -0.39 is 31.4 Å². The lowest BCUT2D eigenvalue weighted by Crippen LogP contribution is -2.54. The quantitative estimate of drug-likeness (QED) is 0.461. The van der Waals surface area contributed by atoms with Crippen LogP contribution in [0.4, 0.5) is 14.5 Å². The van der Waals surface area contributed by atoms with E-state index in [4.69, 9.17) is 4.43 Å². The number of nitrogens with one attached hydrogen (secondary N) is 1. The molecular formula is C27H32F2N4O2Si. The molecule has 0 radical (unpaired) electrons. The van der Waals surface area contributed by atoms with Crippen molar-refractivity contribution in [2.45, 2.75) is 58.5 Å². The lowest BCUT2D eigenvalue weighted by atomic mass is 9.81. The number of hydrogen-bond donors (Lipinski definition) is 1. The first-order valence-electron chi connectivity index (χ1n) is 12.3. The highest BCUT2D eigenvalue weighted by Crippen LogP contribution is 2.48. The van der Waals surface area contributed by atoms with E-state index in [1.807, 2.05) is 39.9 Å². The third kappa shape index (κ3) is 4.14. The number of aromatic nitrogens is 2. The lowest BCUT2D eigenvalue weighted by molar-refractivity contribution is -0.126. The Balaban J connectivity index is 1.58. The van der Waals surface area contributed by atoms with E-state index >= 15 is 0 Å². The molecule has 2 aliphatic heterocycles. The fourth-order valence-corrected chi connectivity index (χ4v) is 9.34. The molecule has 5 rings (SSSR count). The van der Waals surface area contributed by atoms with Gasteiger partial charge in [0.2, 0.25) is 8.32 Å². The predicted octanol–water partition coefficient (Wildman–Crippen LogP) is 5.50. The monoisotopic (exact) mass is 510 g/mol. The Morgan fingerprint density at radius 1 is 1.11 bits per heavy atom. The van der Waals surface area contributed by atoms with E-state index in [-0.39, 0.29) is 11.1 Å². The summed E-state index contributed by atoms with van der Waals surface area (Å²) in [5.41, 5.74) is -0.189. The minimum absolute atomic E-state index is 0.104. The highest BCUT2D eigenvalue weighted by molar-refractivity contribution is 6.72. The average molecular weight is 511 g/mol. The number of hydrogen-bond acceptors (Lipinski definition) is 4. The van der Waals surface area contributed by atoms with Crippen LogP contribution in [0.2, 0.25) is 19.1 Å². The molecule has 0 fully saturated rings. The van der Waals surface area contributed by atoms with Gasteiger partial charge in [-0.3, -0.25) is 9.69 Å². The number of nitrogens with zero attached hydrogens (tertiary/aromatic N) is 3. The topological polar surface area (TPSA) is 59.4 Å². The van der Waals surface area contributed by atoms with Crippen LogP contribution in [0, 0.1) is 17.0 Å². The molecular weight excluding hydrogens is 478 g/mol. The van der Waals surface area contributed by atoms with Crippen molar-refractivity contribution in [2.24, 2.45) is 5.41 Å². The van der Waals surface area contributed by atoms with Crippen LogP contribution in [0.5, 0.6) is 5.75 Å². The van der Waals surface area contributed by atoms with E-state index in [0.717, 1.165) is 23.7 Å². The van der Waals surface area contributed by atoms with Crippen LogP contribution in [0.3, 0.4) is 0 Å². The molecule has 0 saturated heterocycles. The zero-order valence-electron chi connectivity index (χ0n) is 21.4. The molecule has 1 N–H and O–H groups in total. The molecule has 1 aromatic heterocycles. The van der Waals surface area contributed by atoms with Crippen LogP contribution in [-0.2, 0) is 23.4 Å². The Morgan fingerprint density at radius 2 is 1.83 bits per heavy atom. The van der Waals surface area contributed by atoms with Gasteiger partial charge in [-0.05, 0) is 48.3 Å². The third-order valence-electron chi connectivity index (χ3n) is 6.89. The van der Waals surface area contributed by atoms with Crippen LogP contribution in [0.15, 0.2) is 48.8 Å². The standard InChI is InChI=1S/C27H32F2N4O2Si/c1-26(2,3)17-36(4,5)35-19-8-6-18(7-9-19)27(33-15-14-32-13-12-30-22(32)16-33)20-10-11-21(28)23(29)24(20)31-25(27)34/h6-13H,14-17H2,1-5H3,(H,31,34). The van der Waals surface area contributed by atoms with Gasteiger partial charge in [0.1, 0.15) is 11.6 Å². The zero-order valence-corrected chi connectivity index (χ0v) is 22.4. The number of carbonyl (C=O) groups is 1. The molecule has 0 aliphatic carbocycles. The second-order valence-electron chi connectivity index (χ2n) is 11.5. The SMILES string of the molecule is CC(C)(C)C[Si](C)(C)Oc1ccc(C2(N3CCn4ccnc4C3)C(=O)Nc3c2ccc(F)c3F)cc1. The summed E-state index contributed by atoms with van der Waals surface area (Å²) in [6.45, 7) is 12.6. The maximum Gasteiger partial charge on any atom is 0.254 e. The van der Waals surface area contributed by atoms with Crippen LogP contribution < -0.4 is 9.74 Å². The minimum atomic E-state index is -1.99. The van der Waals surface area contributed by atoms with E-state index in [1.165, 1.54) is 6.07 Å². The summed E-state index contributed by atoms with van der Waals surface area (Å²) in [7, 11) is -1.99. The molecule has 1 unspecified atom stereocenters. The summed E-state index contributed by atoms with van der Waals surface area (Å²) in [6, 6.07) is 11.1. The summed E-state index contributed by atoms with van der Waals surface area (Å²) in [6.07, 6.45) is 3.64. The normalized spacial score (nSPS) is 20.1. The van der Waals surface area contributed by atoms with Crippen molar-refractivity contribution < 1.29 is 18.0 Å². The van der Waals surface area contributed by atoms with Gasteiger partial charge in [0.15, 0.2) is 17.2 Å². The first kappa shape index (κ1) is 24.6. The predicted molar refractivity (Wildman–Crippen MR) is 137 cm³/mol. The fourth-order valence-electron chi connectivity index (χ4n) is 5.94. The second-order valence-corrected chi connectivity index (χ2v) is 15.6. The highest BCUT2D eigenvalue weighted by atomic mass is 28.4. The number of fused-ring (bicyclic) bond motifs is 2. The smallest absolute Gasteiger partial charge is 0.254 e. The van der Waals surface area contributed by atoms with Gasteiger partial charge in [0.05, 0.1) is 12.2 Å². The zero-order chi connectivity index (χ0) is 25.9. The number of carbonyl (C=O) groups excluding carboxylic acids is 1. The number of rotatable bonds is 5. The van der Waals surface area contributed by atoms with Crippen molar-refractivity contribution in [3.63, 3.8) is 0 Å². The number of benzene rings is 2. The van der Waals surface area contributed by atoms with Gasteiger partial charge in [-0.25, -0.2) is 13.8 Å². The molecule has 2 aromatic carbocycles. The molecule has 3 heterocycles. The van der Waals surface area contributed by atoms with Crippen molar-refractivity contribution in [3.05, 3.63) is 77.4 Å². The van der Waals surface area contributed by atoms with Crippen molar-refractivity contribution in [2.75, 3.05) is 11.9 Å². The Labute approximate surface area is 211 Å². The van der Waals surface area contributed by atoms with Crippen molar-refractivity contribution >= 4 is 19.9 Å². The molecule has 0 bridgehead atoms. The summed E-state index contributed by atoms with van der Waals surface area (Å²) < 4.78 is 37.4.